The van der Waals surface area contributed by atoms with Crippen LogP contribution in [0.4, 0.5) is 0 Å². The molecule has 0 spiro atoms. The first kappa shape index (κ1) is 21.9. The topological polar surface area (TPSA) is 79.1 Å². The van der Waals surface area contributed by atoms with E-state index in [1.807, 2.05) is 12.1 Å². The fraction of sp³-hybridized carbons (Fsp3) is 0.652. The van der Waals surface area contributed by atoms with Crippen molar-refractivity contribution in [2.75, 3.05) is 47.6 Å². The predicted octanol–water partition coefficient (Wildman–Crippen LogP) is 3.54. The average Bonchev–Trinajstić information content (AvgIpc) is 3.32. The Morgan fingerprint density at radius 1 is 1.00 bits per heavy atom. The maximum atomic E-state index is 5.65. The summed E-state index contributed by atoms with van der Waals surface area (Å²) in [6, 6.07) is 3.89. The van der Waals surface area contributed by atoms with Crippen LogP contribution in [-0.4, -0.2) is 62.7 Å². The highest BCUT2D eigenvalue weighted by Gasteiger charge is 2.37. The minimum atomic E-state index is -0.0644. The molecule has 0 saturated carbocycles. The number of methoxy groups -OCH3 is 3. The molecule has 8 nitrogen and oxygen atoms in total. The van der Waals surface area contributed by atoms with Crippen molar-refractivity contribution in [3.8, 4) is 17.2 Å². The Hall–Kier alpha value is -2.32. The Bertz CT molecular complexity index is 870. The van der Waals surface area contributed by atoms with Gasteiger partial charge in [0.1, 0.15) is 5.75 Å². The number of hydrogen-bond acceptors (Lipinski definition) is 8. The number of benzene rings is 1. The molecule has 2 aromatic rings. The lowest BCUT2D eigenvalue weighted by molar-refractivity contribution is 0.0778. The van der Waals surface area contributed by atoms with E-state index < -0.39 is 0 Å². The standard InChI is InChI=1S/C23H33N3O5/c1-23(22-24-21(31-25-22)16-5-11-30-12-6-16)7-9-26(10-8-23)15-17-13-19(28-3)20(29-4)14-18(17)27-2/h13-14,16H,5-12,15H2,1-4H3. The Morgan fingerprint density at radius 3 is 2.29 bits per heavy atom. The number of likely N-dealkylation sites (tertiary alicyclic amines) is 1. The first-order valence-electron chi connectivity index (χ1n) is 11.0. The second kappa shape index (κ2) is 9.44. The molecule has 1 aromatic heterocycles. The molecule has 170 valence electrons. The lowest BCUT2D eigenvalue weighted by Gasteiger charge is -2.37. The van der Waals surface area contributed by atoms with Gasteiger partial charge in [-0.25, -0.2) is 0 Å². The maximum Gasteiger partial charge on any atom is 0.229 e. The number of nitrogens with zero attached hydrogens (tertiary/aromatic N) is 3. The zero-order chi connectivity index (χ0) is 21.8. The van der Waals surface area contributed by atoms with Gasteiger partial charge in [-0.05, 0) is 44.8 Å². The summed E-state index contributed by atoms with van der Waals surface area (Å²) < 4.78 is 27.6. The minimum absolute atomic E-state index is 0.0644. The lowest BCUT2D eigenvalue weighted by Crippen LogP contribution is -2.41. The molecular weight excluding hydrogens is 398 g/mol. The van der Waals surface area contributed by atoms with Crippen molar-refractivity contribution < 1.29 is 23.5 Å². The van der Waals surface area contributed by atoms with Gasteiger partial charge in [-0.1, -0.05) is 12.1 Å². The molecule has 0 aliphatic carbocycles. The molecule has 1 aromatic carbocycles. The van der Waals surface area contributed by atoms with E-state index in [0.717, 1.165) is 81.6 Å². The van der Waals surface area contributed by atoms with Crippen LogP contribution in [0.3, 0.4) is 0 Å². The average molecular weight is 432 g/mol. The highest BCUT2D eigenvalue weighted by atomic mass is 16.5. The summed E-state index contributed by atoms with van der Waals surface area (Å²) in [6.45, 7) is 6.49. The summed E-state index contributed by atoms with van der Waals surface area (Å²) in [5.41, 5.74) is 1.02. The van der Waals surface area contributed by atoms with Gasteiger partial charge in [0.05, 0.1) is 21.3 Å². The van der Waals surface area contributed by atoms with Crippen molar-refractivity contribution in [3.63, 3.8) is 0 Å². The van der Waals surface area contributed by atoms with Gasteiger partial charge in [0.2, 0.25) is 5.89 Å². The molecule has 0 bridgehead atoms. The predicted molar refractivity (Wildman–Crippen MR) is 115 cm³/mol. The second-order valence-electron chi connectivity index (χ2n) is 8.70. The van der Waals surface area contributed by atoms with Gasteiger partial charge < -0.3 is 23.5 Å². The van der Waals surface area contributed by atoms with Crippen LogP contribution in [-0.2, 0) is 16.7 Å². The van der Waals surface area contributed by atoms with Crippen LogP contribution in [0.15, 0.2) is 16.7 Å². The van der Waals surface area contributed by atoms with E-state index in [9.17, 15) is 0 Å². The van der Waals surface area contributed by atoms with E-state index in [1.165, 1.54) is 0 Å². The van der Waals surface area contributed by atoms with Gasteiger partial charge in [0, 0.05) is 42.7 Å². The molecule has 0 N–H and O–H groups in total. The second-order valence-corrected chi connectivity index (χ2v) is 8.70. The molecule has 31 heavy (non-hydrogen) atoms. The number of rotatable bonds is 7. The van der Waals surface area contributed by atoms with Gasteiger partial charge in [-0.15, -0.1) is 0 Å². The Balaban J connectivity index is 1.41. The van der Waals surface area contributed by atoms with E-state index in [0.29, 0.717) is 17.4 Å². The fourth-order valence-corrected chi connectivity index (χ4v) is 4.48. The molecule has 4 rings (SSSR count). The monoisotopic (exact) mass is 431 g/mol. The first-order valence-corrected chi connectivity index (χ1v) is 11.0. The van der Waals surface area contributed by atoms with E-state index in [2.05, 4.69) is 17.0 Å². The van der Waals surface area contributed by atoms with E-state index in [4.69, 9.17) is 28.5 Å². The van der Waals surface area contributed by atoms with E-state index >= 15 is 0 Å². The molecule has 0 amide bonds. The van der Waals surface area contributed by atoms with Crippen molar-refractivity contribution >= 4 is 0 Å². The van der Waals surface area contributed by atoms with Gasteiger partial charge in [-0.3, -0.25) is 4.90 Å². The minimum Gasteiger partial charge on any atom is -0.496 e. The molecule has 8 heteroatoms. The molecule has 2 aliphatic rings. The smallest absolute Gasteiger partial charge is 0.229 e. The van der Waals surface area contributed by atoms with Crippen LogP contribution in [0, 0.1) is 0 Å². The molecule has 0 unspecified atom stereocenters. The lowest BCUT2D eigenvalue weighted by atomic mass is 9.79. The Labute approximate surface area is 183 Å². The summed E-state index contributed by atoms with van der Waals surface area (Å²) >= 11 is 0. The summed E-state index contributed by atoms with van der Waals surface area (Å²) in [5.74, 6) is 4.15. The molecule has 2 aliphatic heterocycles. The van der Waals surface area contributed by atoms with Crippen LogP contribution < -0.4 is 14.2 Å². The Morgan fingerprint density at radius 2 is 1.65 bits per heavy atom. The van der Waals surface area contributed by atoms with Crippen molar-refractivity contribution in [2.45, 2.75) is 50.5 Å². The molecule has 3 heterocycles. The van der Waals surface area contributed by atoms with Gasteiger partial charge in [0.15, 0.2) is 17.3 Å². The molecule has 0 radical (unpaired) electrons. The number of aromatic nitrogens is 2. The quantitative estimate of drug-likeness (QED) is 0.659. The summed E-state index contributed by atoms with van der Waals surface area (Å²) in [7, 11) is 4.97. The highest BCUT2D eigenvalue weighted by Crippen LogP contribution is 2.38. The van der Waals surface area contributed by atoms with Crippen LogP contribution in [0.25, 0.3) is 0 Å². The highest BCUT2D eigenvalue weighted by molar-refractivity contribution is 5.50. The summed E-state index contributed by atoms with van der Waals surface area (Å²) in [6.07, 6.45) is 3.88. The SMILES string of the molecule is COc1cc(OC)c(OC)cc1CN1CCC(C)(c2noc(C3CCOCC3)n2)CC1. The fourth-order valence-electron chi connectivity index (χ4n) is 4.48. The molecule has 2 saturated heterocycles. The summed E-state index contributed by atoms with van der Waals surface area (Å²) in [4.78, 5) is 7.24. The molecular formula is C23H33N3O5. The van der Waals surface area contributed by atoms with Gasteiger partial charge in [-0.2, -0.15) is 4.98 Å². The first-order chi connectivity index (χ1) is 15.1. The Kier molecular flexibility index (Phi) is 6.67. The van der Waals surface area contributed by atoms with Crippen molar-refractivity contribution in [1.29, 1.82) is 0 Å². The van der Waals surface area contributed by atoms with Crippen LogP contribution in [0.2, 0.25) is 0 Å². The van der Waals surface area contributed by atoms with Gasteiger partial charge >= 0.3 is 0 Å². The number of piperidine rings is 1. The zero-order valence-electron chi connectivity index (χ0n) is 19.0. The largest absolute Gasteiger partial charge is 0.496 e. The maximum absolute atomic E-state index is 5.65. The van der Waals surface area contributed by atoms with Crippen LogP contribution >= 0.6 is 0 Å². The molecule has 0 atom stereocenters. The third-order valence-corrected chi connectivity index (χ3v) is 6.69. The molecule has 2 fully saturated rings. The van der Waals surface area contributed by atoms with Crippen molar-refractivity contribution in [3.05, 3.63) is 29.4 Å². The van der Waals surface area contributed by atoms with Crippen LogP contribution in [0.5, 0.6) is 17.2 Å². The third kappa shape index (κ3) is 4.65. The van der Waals surface area contributed by atoms with Crippen molar-refractivity contribution in [1.82, 2.24) is 15.0 Å². The van der Waals surface area contributed by atoms with E-state index in [-0.39, 0.29) is 5.41 Å². The zero-order valence-corrected chi connectivity index (χ0v) is 19.0. The normalized spacial score (nSPS) is 19.9. The summed E-state index contributed by atoms with van der Waals surface area (Å²) in [5, 5.41) is 4.37. The van der Waals surface area contributed by atoms with Crippen molar-refractivity contribution in [2.24, 2.45) is 0 Å². The van der Waals surface area contributed by atoms with Crippen LogP contribution in [0.1, 0.15) is 55.8 Å². The third-order valence-electron chi connectivity index (χ3n) is 6.69. The number of ether oxygens (including phenoxy) is 4. The number of hydrogen-bond donors (Lipinski definition) is 0. The van der Waals surface area contributed by atoms with E-state index in [1.54, 1.807) is 21.3 Å². The van der Waals surface area contributed by atoms with Gasteiger partial charge in [0.25, 0.3) is 0 Å².